The Morgan fingerprint density at radius 1 is 1.67 bits per heavy atom. The van der Waals surface area contributed by atoms with E-state index >= 15 is 0 Å². The minimum absolute atomic E-state index is 0.0424. The summed E-state index contributed by atoms with van der Waals surface area (Å²) in [6, 6.07) is 0. The third kappa shape index (κ3) is 3.47. The Hall–Kier alpha value is -0.610. The summed E-state index contributed by atoms with van der Waals surface area (Å²) in [5, 5.41) is 2.90. The number of ether oxygens (including phenoxy) is 2. The van der Waals surface area contributed by atoms with Crippen LogP contribution in [0.5, 0.6) is 0 Å². The Bertz CT molecular complexity index is 208. The van der Waals surface area contributed by atoms with E-state index in [4.69, 9.17) is 9.47 Å². The molecule has 0 aromatic carbocycles. The summed E-state index contributed by atoms with van der Waals surface area (Å²) in [5.41, 5.74) is 0. The molecule has 0 aromatic heterocycles. The van der Waals surface area contributed by atoms with Crippen molar-refractivity contribution in [2.45, 2.75) is 38.9 Å². The van der Waals surface area contributed by atoms with Crippen molar-refractivity contribution < 1.29 is 14.3 Å². The minimum atomic E-state index is -0.368. The lowest BCUT2D eigenvalue weighted by Crippen LogP contribution is -2.38. The van der Waals surface area contributed by atoms with Gasteiger partial charge in [-0.2, -0.15) is 0 Å². The van der Waals surface area contributed by atoms with E-state index in [0.717, 1.165) is 19.4 Å². The van der Waals surface area contributed by atoms with Crippen molar-refractivity contribution in [3.63, 3.8) is 0 Å². The summed E-state index contributed by atoms with van der Waals surface area (Å²) in [5.74, 6) is 0.419. The molecule has 4 nitrogen and oxygen atoms in total. The smallest absolute Gasteiger partial charge is 0.248 e. The fraction of sp³-hybridized carbons (Fsp3) is 0.909. The number of methoxy groups -OCH3 is 1. The van der Waals surface area contributed by atoms with E-state index in [9.17, 15) is 4.79 Å². The van der Waals surface area contributed by atoms with Gasteiger partial charge in [-0.1, -0.05) is 6.92 Å². The van der Waals surface area contributed by atoms with Crippen LogP contribution in [0.3, 0.4) is 0 Å². The van der Waals surface area contributed by atoms with E-state index in [1.165, 1.54) is 7.11 Å². The Morgan fingerprint density at radius 2 is 2.40 bits per heavy atom. The molecule has 1 saturated heterocycles. The van der Waals surface area contributed by atoms with E-state index in [1.54, 1.807) is 6.92 Å². The average Bonchev–Trinajstić information content (AvgIpc) is 2.71. The molecular formula is C11H21NO3. The molecular weight excluding hydrogens is 194 g/mol. The molecule has 15 heavy (non-hydrogen) atoms. The van der Waals surface area contributed by atoms with E-state index < -0.39 is 0 Å². The van der Waals surface area contributed by atoms with E-state index in [2.05, 4.69) is 12.2 Å². The summed E-state index contributed by atoms with van der Waals surface area (Å²) >= 11 is 0. The highest BCUT2D eigenvalue weighted by molar-refractivity contribution is 5.80. The highest BCUT2D eigenvalue weighted by Gasteiger charge is 2.27. The first-order chi connectivity index (χ1) is 7.19. The van der Waals surface area contributed by atoms with Crippen molar-refractivity contribution in [1.29, 1.82) is 0 Å². The molecule has 1 aliphatic heterocycles. The highest BCUT2D eigenvalue weighted by atomic mass is 16.5. The maximum absolute atomic E-state index is 11.4. The average molecular weight is 215 g/mol. The number of carbonyl (C=O) groups excluding carboxylic acids is 1. The lowest BCUT2D eigenvalue weighted by Gasteiger charge is -2.18. The van der Waals surface area contributed by atoms with Crippen molar-refractivity contribution in [3.05, 3.63) is 0 Å². The second-order valence-electron chi connectivity index (χ2n) is 3.99. The van der Waals surface area contributed by atoms with Crippen LogP contribution in [0.4, 0.5) is 0 Å². The monoisotopic (exact) mass is 215 g/mol. The van der Waals surface area contributed by atoms with Gasteiger partial charge in [-0.05, 0) is 19.8 Å². The molecule has 3 atom stereocenters. The number of amides is 1. The highest BCUT2D eigenvalue weighted by Crippen LogP contribution is 2.22. The van der Waals surface area contributed by atoms with Gasteiger partial charge in [-0.25, -0.2) is 0 Å². The van der Waals surface area contributed by atoms with Crippen molar-refractivity contribution in [1.82, 2.24) is 5.32 Å². The molecule has 3 unspecified atom stereocenters. The SMILES string of the molecule is CCC1OCCC1CNC(=O)C(C)OC. The van der Waals surface area contributed by atoms with Gasteiger partial charge in [0.15, 0.2) is 0 Å². The topological polar surface area (TPSA) is 47.6 Å². The molecule has 0 spiro atoms. The molecule has 0 aromatic rings. The van der Waals surface area contributed by atoms with Gasteiger partial charge < -0.3 is 14.8 Å². The number of rotatable bonds is 5. The Kier molecular flexibility index (Phi) is 5.05. The third-order valence-corrected chi connectivity index (χ3v) is 3.01. The summed E-state index contributed by atoms with van der Waals surface area (Å²) in [7, 11) is 1.54. The summed E-state index contributed by atoms with van der Waals surface area (Å²) in [6.45, 7) is 5.38. The zero-order valence-electron chi connectivity index (χ0n) is 9.79. The molecule has 1 amide bonds. The molecule has 1 heterocycles. The van der Waals surface area contributed by atoms with Crippen LogP contribution in [0, 0.1) is 5.92 Å². The molecule has 0 radical (unpaired) electrons. The van der Waals surface area contributed by atoms with Gasteiger partial charge in [0.05, 0.1) is 6.10 Å². The molecule has 88 valence electrons. The first-order valence-corrected chi connectivity index (χ1v) is 5.61. The fourth-order valence-corrected chi connectivity index (χ4v) is 1.86. The zero-order valence-corrected chi connectivity index (χ0v) is 9.79. The number of hydrogen-bond donors (Lipinski definition) is 1. The quantitative estimate of drug-likeness (QED) is 0.743. The van der Waals surface area contributed by atoms with Gasteiger partial charge in [0.2, 0.25) is 5.91 Å². The normalized spacial score (nSPS) is 27.7. The van der Waals surface area contributed by atoms with Crippen LogP contribution in [0.1, 0.15) is 26.7 Å². The molecule has 0 aliphatic carbocycles. The Balaban J connectivity index is 2.27. The van der Waals surface area contributed by atoms with Crippen LogP contribution in [0.2, 0.25) is 0 Å². The molecule has 1 fully saturated rings. The van der Waals surface area contributed by atoms with Crippen LogP contribution in [0.15, 0.2) is 0 Å². The molecule has 0 saturated carbocycles. The summed E-state index contributed by atoms with van der Waals surface area (Å²) in [6.07, 6.45) is 2.00. The van der Waals surface area contributed by atoms with Crippen LogP contribution in [-0.2, 0) is 14.3 Å². The second-order valence-corrected chi connectivity index (χ2v) is 3.99. The Morgan fingerprint density at radius 3 is 3.00 bits per heavy atom. The van der Waals surface area contributed by atoms with Crippen molar-refractivity contribution >= 4 is 5.91 Å². The predicted octanol–water partition coefficient (Wildman–Crippen LogP) is 0.953. The molecule has 1 aliphatic rings. The first-order valence-electron chi connectivity index (χ1n) is 5.61. The zero-order chi connectivity index (χ0) is 11.3. The molecule has 1 N–H and O–H groups in total. The summed E-state index contributed by atoms with van der Waals surface area (Å²) in [4.78, 5) is 11.4. The standard InChI is InChI=1S/C11H21NO3/c1-4-10-9(5-6-15-10)7-12-11(13)8(2)14-3/h8-10H,4-7H2,1-3H3,(H,12,13). The van der Waals surface area contributed by atoms with E-state index in [0.29, 0.717) is 18.6 Å². The first kappa shape index (κ1) is 12.5. The maximum Gasteiger partial charge on any atom is 0.248 e. The molecule has 4 heteroatoms. The number of nitrogens with one attached hydrogen (secondary N) is 1. The van der Waals surface area contributed by atoms with Gasteiger partial charge in [0.25, 0.3) is 0 Å². The number of carbonyl (C=O) groups is 1. The van der Waals surface area contributed by atoms with Gasteiger partial charge in [0, 0.05) is 26.2 Å². The lowest BCUT2D eigenvalue weighted by atomic mass is 10.00. The Labute approximate surface area is 91.3 Å². The van der Waals surface area contributed by atoms with E-state index in [1.807, 2.05) is 0 Å². The van der Waals surface area contributed by atoms with Crippen LogP contribution < -0.4 is 5.32 Å². The number of hydrogen-bond acceptors (Lipinski definition) is 3. The largest absolute Gasteiger partial charge is 0.378 e. The van der Waals surface area contributed by atoms with Crippen molar-refractivity contribution in [3.8, 4) is 0 Å². The molecule has 0 bridgehead atoms. The van der Waals surface area contributed by atoms with Crippen LogP contribution in [0.25, 0.3) is 0 Å². The maximum atomic E-state index is 11.4. The van der Waals surface area contributed by atoms with Crippen molar-refractivity contribution in [2.24, 2.45) is 5.92 Å². The van der Waals surface area contributed by atoms with Gasteiger partial charge in [-0.15, -0.1) is 0 Å². The third-order valence-electron chi connectivity index (χ3n) is 3.01. The molecule has 1 rings (SSSR count). The van der Waals surface area contributed by atoms with E-state index in [-0.39, 0.29) is 12.0 Å². The minimum Gasteiger partial charge on any atom is -0.378 e. The van der Waals surface area contributed by atoms with Crippen LogP contribution in [-0.4, -0.2) is 38.4 Å². The second kappa shape index (κ2) is 6.08. The summed E-state index contributed by atoms with van der Waals surface area (Å²) < 4.78 is 10.5. The predicted molar refractivity (Wildman–Crippen MR) is 57.6 cm³/mol. The van der Waals surface area contributed by atoms with Crippen LogP contribution >= 0.6 is 0 Å². The van der Waals surface area contributed by atoms with Gasteiger partial charge in [0.1, 0.15) is 6.10 Å². The lowest BCUT2D eigenvalue weighted by molar-refractivity contribution is -0.130. The van der Waals surface area contributed by atoms with Gasteiger partial charge in [-0.3, -0.25) is 4.79 Å². The fourth-order valence-electron chi connectivity index (χ4n) is 1.86. The van der Waals surface area contributed by atoms with Crippen molar-refractivity contribution in [2.75, 3.05) is 20.3 Å². The van der Waals surface area contributed by atoms with Gasteiger partial charge >= 0.3 is 0 Å².